The number of fused-ring (bicyclic) bond motifs is 1. The van der Waals surface area contributed by atoms with Crippen LogP contribution >= 0.6 is 22.7 Å². The van der Waals surface area contributed by atoms with Crippen LogP contribution in [0, 0.1) is 18.3 Å². The van der Waals surface area contributed by atoms with E-state index in [2.05, 4.69) is 9.97 Å². The van der Waals surface area contributed by atoms with Crippen molar-refractivity contribution in [1.82, 2.24) is 9.97 Å². The maximum absolute atomic E-state index is 12.1. The van der Waals surface area contributed by atoms with Gasteiger partial charge in [0.15, 0.2) is 18.3 Å². The van der Waals surface area contributed by atoms with Gasteiger partial charge < -0.3 is 4.74 Å². The van der Waals surface area contributed by atoms with Crippen molar-refractivity contribution in [2.45, 2.75) is 12.8 Å². The van der Waals surface area contributed by atoms with Crippen molar-refractivity contribution in [3.8, 4) is 6.07 Å². The summed E-state index contributed by atoms with van der Waals surface area (Å²) < 4.78 is 5.91. The average Bonchev–Trinajstić information content (AvgIpc) is 3.21. The summed E-state index contributed by atoms with van der Waals surface area (Å²) >= 11 is 2.66. The highest BCUT2D eigenvalue weighted by molar-refractivity contribution is 7.16. The smallest absolute Gasteiger partial charge is 0.338 e. The highest BCUT2D eigenvalue weighted by atomic mass is 32.1. The van der Waals surface area contributed by atoms with E-state index in [4.69, 9.17) is 4.74 Å². The minimum atomic E-state index is -1.01. The average molecular weight is 357 g/mol. The fourth-order valence-electron chi connectivity index (χ4n) is 2.06. The Morgan fingerprint density at radius 3 is 2.92 bits per heavy atom. The number of Topliss-reactive ketones (excluding diaryl/α,β-unsaturated/α-hetero) is 1. The molecule has 0 amide bonds. The molecule has 0 aliphatic carbocycles. The Bertz CT molecular complexity index is 955. The molecule has 0 fully saturated rings. The Kier molecular flexibility index (Phi) is 4.64. The second-order valence-corrected chi connectivity index (χ2v) is 6.74. The fraction of sp³-hybridized carbons (Fsp3) is 0.188. The Morgan fingerprint density at radius 2 is 2.21 bits per heavy atom. The summed E-state index contributed by atoms with van der Waals surface area (Å²) in [6.45, 7) is 1.32. The third kappa shape index (κ3) is 3.32. The molecule has 6 nitrogen and oxygen atoms in total. The molecule has 0 bridgehead atoms. The predicted octanol–water partition coefficient (Wildman–Crippen LogP) is 3.09. The van der Waals surface area contributed by atoms with Crippen molar-refractivity contribution >= 4 is 44.6 Å². The number of ketones is 1. The summed E-state index contributed by atoms with van der Waals surface area (Å²) in [5.41, 5.74) is 3.59. The van der Waals surface area contributed by atoms with E-state index in [-0.39, 0.29) is 0 Å². The van der Waals surface area contributed by atoms with Gasteiger partial charge in [0.25, 0.3) is 0 Å². The summed E-state index contributed by atoms with van der Waals surface area (Å²) in [4.78, 5) is 32.5. The van der Waals surface area contributed by atoms with E-state index in [0.29, 0.717) is 10.6 Å². The lowest BCUT2D eigenvalue weighted by Crippen LogP contribution is -2.19. The van der Waals surface area contributed by atoms with Crippen LogP contribution in [0.1, 0.15) is 27.0 Å². The van der Waals surface area contributed by atoms with E-state index in [1.165, 1.54) is 22.7 Å². The normalized spacial score (nSPS) is 11.8. The quantitative estimate of drug-likeness (QED) is 0.652. The van der Waals surface area contributed by atoms with Crippen LogP contribution in [-0.2, 0) is 9.53 Å². The highest BCUT2D eigenvalue weighted by Gasteiger charge is 2.24. The van der Waals surface area contributed by atoms with Crippen LogP contribution in [0.5, 0.6) is 0 Å². The predicted molar refractivity (Wildman–Crippen MR) is 90.1 cm³/mol. The number of hydrogen-bond acceptors (Lipinski definition) is 8. The molecule has 24 heavy (non-hydrogen) atoms. The molecule has 3 rings (SSSR count). The molecule has 0 aliphatic heterocycles. The van der Waals surface area contributed by atoms with E-state index in [0.717, 1.165) is 15.9 Å². The molecule has 8 heteroatoms. The first kappa shape index (κ1) is 16.2. The minimum Gasteiger partial charge on any atom is -0.454 e. The second-order valence-electron chi connectivity index (χ2n) is 4.97. The number of carbonyl (C=O) groups excluding carboxylic acids is 2. The van der Waals surface area contributed by atoms with E-state index in [1.807, 2.05) is 6.07 Å². The van der Waals surface area contributed by atoms with Gasteiger partial charge in [0.05, 0.1) is 27.4 Å². The lowest BCUT2D eigenvalue weighted by Gasteiger charge is -2.07. The van der Waals surface area contributed by atoms with Crippen molar-refractivity contribution in [1.29, 1.82) is 5.26 Å². The number of rotatable bonds is 5. The standard InChI is InChI=1S/C16H11N3O3S2/c1-9-7-23-15(19-9)11(5-17)13(20)6-22-16(21)10-2-3-12-14(4-10)24-8-18-12/h2-4,7-8,11H,6H2,1H3/t11-/m0/s1. The maximum Gasteiger partial charge on any atom is 0.338 e. The van der Waals surface area contributed by atoms with Gasteiger partial charge in [-0.2, -0.15) is 5.26 Å². The van der Waals surface area contributed by atoms with Crippen molar-refractivity contribution in [2.75, 3.05) is 6.61 Å². The largest absolute Gasteiger partial charge is 0.454 e. The van der Waals surface area contributed by atoms with Crippen molar-refractivity contribution in [2.24, 2.45) is 0 Å². The minimum absolute atomic E-state index is 0.346. The molecule has 0 radical (unpaired) electrons. The van der Waals surface area contributed by atoms with Gasteiger partial charge in [0.1, 0.15) is 5.01 Å². The molecule has 0 saturated carbocycles. The van der Waals surface area contributed by atoms with Gasteiger partial charge in [-0.25, -0.2) is 14.8 Å². The van der Waals surface area contributed by atoms with Gasteiger partial charge in [0.2, 0.25) is 0 Å². The molecule has 1 aromatic carbocycles. The molecule has 0 unspecified atom stereocenters. The number of carbonyl (C=O) groups is 2. The van der Waals surface area contributed by atoms with Crippen LogP contribution < -0.4 is 0 Å². The number of aromatic nitrogens is 2. The molecule has 2 aromatic heterocycles. The third-order valence-electron chi connectivity index (χ3n) is 3.25. The number of benzene rings is 1. The van der Waals surface area contributed by atoms with Crippen molar-refractivity contribution < 1.29 is 14.3 Å². The molecule has 0 spiro atoms. The van der Waals surface area contributed by atoms with Gasteiger partial charge in [-0.05, 0) is 25.1 Å². The fourth-order valence-corrected chi connectivity index (χ4v) is 3.63. The number of hydrogen-bond donors (Lipinski definition) is 0. The van der Waals surface area contributed by atoms with Gasteiger partial charge in [-0.1, -0.05) is 0 Å². The number of thiazole rings is 2. The van der Waals surface area contributed by atoms with Crippen LogP contribution in [-0.4, -0.2) is 28.3 Å². The second kappa shape index (κ2) is 6.86. The molecule has 3 aromatic rings. The van der Waals surface area contributed by atoms with Crippen LogP contribution in [0.15, 0.2) is 29.1 Å². The van der Waals surface area contributed by atoms with Crippen LogP contribution in [0.25, 0.3) is 10.2 Å². The van der Waals surface area contributed by atoms with Crippen LogP contribution in [0.3, 0.4) is 0 Å². The van der Waals surface area contributed by atoms with Crippen molar-refractivity contribution in [3.05, 3.63) is 45.4 Å². The molecule has 0 N–H and O–H groups in total. The Labute approximate surface area is 145 Å². The van der Waals surface area contributed by atoms with E-state index in [9.17, 15) is 14.9 Å². The lowest BCUT2D eigenvalue weighted by atomic mass is 10.1. The zero-order valence-corrected chi connectivity index (χ0v) is 14.2. The number of nitrogens with zero attached hydrogens (tertiary/aromatic N) is 3. The van der Waals surface area contributed by atoms with Gasteiger partial charge >= 0.3 is 5.97 Å². The Balaban J connectivity index is 1.66. The molecule has 2 heterocycles. The zero-order chi connectivity index (χ0) is 17.1. The molecule has 120 valence electrons. The first-order valence-corrected chi connectivity index (χ1v) is 8.69. The third-order valence-corrected chi connectivity index (χ3v) is 5.07. The maximum atomic E-state index is 12.1. The molecule has 1 atom stereocenters. The van der Waals surface area contributed by atoms with Crippen molar-refractivity contribution in [3.63, 3.8) is 0 Å². The van der Waals surface area contributed by atoms with Crippen LogP contribution in [0.4, 0.5) is 0 Å². The SMILES string of the molecule is Cc1csc([C@@H](C#N)C(=O)COC(=O)c2ccc3ncsc3c2)n1. The first-order valence-electron chi connectivity index (χ1n) is 6.93. The van der Waals surface area contributed by atoms with Gasteiger partial charge in [-0.15, -0.1) is 22.7 Å². The number of nitriles is 1. The number of ether oxygens (including phenoxy) is 1. The molecular weight excluding hydrogens is 346 g/mol. The Hall–Kier alpha value is -2.63. The lowest BCUT2D eigenvalue weighted by molar-refractivity contribution is -0.122. The van der Waals surface area contributed by atoms with E-state index < -0.39 is 24.3 Å². The molecule has 0 aliphatic rings. The zero-order valence-electron chi connectivity index (χ0n) is 12.6. The van der Waals surface area contributed by atoms with E-state index >= 15 is 0 Å². The number of esters is 1. The van der Waals surface area contributed by atoms with Gasteiger partial charge in [0, 0.05) is 11.1 Å². The molecular formula is C16H11N3O3S2. The summed E-state index contributed by atoms with van der Waals surface area (Å²) in [6.07, 6.45) is 0. The topological polar surface area (TPSA) is 92.9 Å². The summed E-state index contributed by atoms with van der Waals surface area (Å²) in [5.74, 6) is -2.11. The molecule has 0 saturated heterocycles. The Morgan fingerprint density at radius 1 is 1.38 bits per heavy atom. The first-order chi connectivity index (χ1) is 11.6. The summed E-state index contributed by atoms with van der Waals surface area (Å²) in [5, 5.41) is 11.4. The van der Waals surface area contributed by atoms with Crippen LogP contribution in [0.2, 0.25) is 0 Å². The van der Waals surface area contributed by atoms with E-state index in [1.54, 1.807) is 36.0 Å². The summed E-state index contributed by atoms with van der Waals surface area (Å²) in [7, 11) is 0. The highest BCUT2D eigenvalue weighted by Crippen LogP contribution is 2.22. The summed E-state index contributed by atoms with van der Waals surface area (Å²) in [6, 6.07) is 6.91. The monoisotopic (exact) mass is 357 g/mol. The van der Waals surface area contributed by atoms with Gasteiger partial charge in [-0.3, -0.25) is 4.79 Å². The number of aryl methyl sites for hydroxylation is 1.